The highest BCUT2D eigenvalue weighted by molar-refractivity contribution is 6.31. The fraction of sp³-hybridized carbons (Fsp3) is 0.333. The Morgan fingerprint density at radius 2 is 1.70 bits per heavy atom. The molecule has 1 fully saturated rings. The number of alkyl halides is 3. The van der Waals surface area contributed by atoms with E-state index in [0.29, 0.717) is 29.2 Å². The summed E-state index contributed by atoms with van der Waals surface area (Å²) in [6, 6.07) is 9.24. The topological polar surface area (TPSA) is 67.6 Å². The van der Waals surface area contributed by atoms with Gasteiger partial charge < -0.3 is 10.1 Å². The molecule has 1 saturated heterocycles. The van der Waals surface area contributed by atoms with Crippen molar-refractivity contribution in [1.29, 1.82) is 0 Å². The third-order valence-electron chi connectivity index (χ3n) is 4.43. The SMILES string of the molecule is Cl.Cl.O=[N+]([O-])c1ccc(Cl)c([C@H](c2ccc(OC(F)(F)F)cc2)N2CCNCC2)c1. The summed E-state index contributed by atoms with van der Waals surface area (Å²) in [5, 5.41) is 14.8. The number of nitro benzene ring substituents is 1. The third-order valence-corrected chi connectivity index (χ3v) is 4.78. The van der Waals surface area contributed by atoms with Gasteiger partial charge in [-0.1, -0.05) is 23.7 Å². The minimum absolute atomic E-state index is 0. The van der Waals surface area contributed by atoms with E-state index in [0.717, 1.165) is 13.1 Å². The first kappa shape index (κ1) is 26.3. The lowest BCUT2D eigenvalue weighted by Crippen LogP contribution is -2.45. The molecule has 3 rings (SSSR count). The van der Waals surface area contributed by atoms with Gasteiger partial charge in [-0.3, -0.25) is 15.0 Å². The summed E-state index contributed by atoms with van der Waals surface area (Å²) < 4.78 is 41.2. The molecule has 0 radical (unpaired) electrons. The van der Waals surface area contributed by atoms with Crippen LogP contribution in [0.5, 0.6) is 5.75 Å². The van der Waals surface area contributed by atoms with E-state index in [-0.39, 0.29) is 36.3 Å². The lowest BCUT2D eigenvalue weighted by atomic mass is 9.95. The van der Waals surface area contributed by atoms with Gasteiger partial charge in [-0.25, -0.2) is 0 Å². The summed E-state index contributed by atoms with van der Waals surface area (Å²) in [6.45, 7) is 2.76. The van der Waals surface area contributed by atoms with Crippen LogP contribution in [-0.4, -0.2) is 42.4 Å². The molecule has 0 aliphatic carbocycles. The van der Waals surface area contributed by atoms with E-state index in [1.807, 2.05) is 0 Å². The van der Waals surface area contributed by atoms with E-state index in [4.69, 9.17) is 11.6 Å². The second-order valence-corrected chi connectivity index (χ2v) is 6.68. The lowest BCUT2D eigenvalue weighted by Gasteiger charge is -2.36. The summed E-state index contributed by atoms with van der Waals surface area (Å²) in [5.74, 6) is -0.333. The minimum atomic E-state index is -4.77. The third kappa shape index (κ3) is 6.61. The van der Waals surface area contributed by atoms with Crippen molar-refractivity contribution in [2.45, 2.75) is 12.4 Å². The van der Waals surface area contributed by atoms with Crippen LogP contribution in [0.3, 0.4) is 0 Å². The Hall–Kier alpha value is -1.78. The van der Waals surface area contributed by atoms with Gasteiger partial charge >= 0.3 is 6.36 Å². The maximum atomic E-state index is 12.4. The van der Waals surface area contributed by atoms with Crippen molar-refractivity contribution in [3.8, 4) is 5.75 Å². The minimum Gasteiger partial charge on any atom is -0.406 e. The van der Waals surface area contributed by atoms with E-state index in [2.05, 4.69) is 15.0 Å². The number of nitro groups is 1. The zero-order valence-corrected chi connectivity index (χ0v) is 17.8. The van der Waals surface area contributed by atoms with Crippen molar-refractivity contribution in [2.75, 3.05) is 26.2 Å². The van der Waals surface area contributed by atoms with Crippen LogP contribution in [0.2, 0.25) is 5.02 Å². The number of benzene rings is 2. The Morgan fingerprint density at radius 3 is 2.23 bits per heavy atom. The Morgan fingerprint density at radius 1 is 1.10 bits per heavy atom. The normalized spacial score (nSPS) is 15.5. The predicted molar refractivity (Wildman–Crippen MR) is 112 cm³/mol. The van der Waals surface area contributed by atoms with Crippen molar-refractivity contribution in [3.63, 3.8) is 0 Å². The molecule has 1 aliphatic rings. The van der Waals surface area contributed by atoms with Crippen molar-refractivity contribution in [3.05, 3.63) is 68.7 Å². The zero-order valence-electron chi connectivity index (χ0n) is 15.4. The Kier molecular flexibility index (Phi) is 9.64. The van der Waals surface area contributed by atoms with Gasteiger partial charge in [0.1, 0.15) is 5.75 Å². The molecule has 6 nitrogen and oxygen atoms in total. The summed E-state index contributed by atoms with van der Waals surface area (Å²) >= 11 is 6.34. The Labute approximate surface area is 188 Å². The van der Waals surface area contributed by atoms with Crippen LogP contribution in [0.1, 0.15) is 17.2 Å². The van der Waals surface area contributed by atoms with Crippen molar-refractivity contribution >= 4 is 42.1 Å². The average Bonchev–Trinajstić information content (AvgIpc) is 2.64. The van der Waals surface area contributed by atoms with Crippen molar-refractivity contribution in [2.24, 2.45) is 0 Å². The van der Waals surface area contributed by atoms with E-state index in [9.17, 15) is 23.3 Å². The van der Waals surface area contributed by atoms with Gasteiger partial charge in [0.2, 0.25) is 0 Å². The van der Waals surface area contributed by atoms with Gasteiger partial charge in [0, 0.05) is 43.3 Å². The maximum Gasteiger partial charge on any atom is 0.573 e. The predicted octanol–water partition coefficient (Wildman–Crippen LogP) is 4.99. The molecule has 1 N–H and O–H groups in total. The molecule has 0 bridgehead atoms. The number of ether oxygens (including phenoxy) is 1. The van der Waals surface area contributed by atoms with Crippen LogP contribution < -0.4 is 10.1 Å². The van der Waals surface area contributed by atoms with Crippen LogP contribution in [0.25, 0.3) is 0 Å². The van der Waals surface area contributed by atoms with E-state index < -0.39 is 17.3 Å². The van der Waals surface area contributed by atoms with Gasteiger partial charge in [0.25, 0.3) is 5.69 Å². The highest BCUT2D eigenvalue weighted by Crippen LogP contribution is 2.36. The summed E-state index contributed by atoms with van der Waals surface area (Å²) in [5.41, 5.74) is 1.10. The van der Waals surface area contributed by atoms with E-state index in [1.54, 1.807) is 0 Å². The van der Waals surface area contributed by atoms with Crippen molar-refractivity contribution < 1.29 is 22.8 Å². The molecule has 0 saturated carbocycles. The van der Waals surface area contributed by atoms with Gasteiger partial charge in [-0.2, -0.15) is 0 Å². The first-order valence-corrected chi connectivity index (χ1v) is 8.87. The number of hydrogen-bond donors (Lipinski definition) is 1. The molecule has 1 atom stereocenters. The number of nitrogens with zero attached hydrogens (tertiary/aromatic N) is 2. The first-order chi connectivity index (χ1) is 13.2. The van der Waals surface area contributed by atoms with Crippen LogP contribution >= 0.6 is 36.4 Å². The second kappa shape index (κ2) is 11.0. The second-order valence-electron chi connectivity index (χ2n) is 6.27. The number of piperazine rings is 1. The van der Waals surface area contributed by atoms with Crippen LogP contribution in [-0.2, 0) is 0 Å². The highest BCUT2D eigenvalue weighted by Gasteiger charge is 2.32. The lowest BCUT2D eigenvalue weighted by molar-refractivity contribution is -0.384. The number of halogens is 6. The van der Waals surface area contributed by atoms with E-state index in [1.165, 1.54) is 42.5 Å². The van der Waals surface area contributed by atoms with Gasteiger partial charge in [0.05, 0.1) is 11.0 Å². The molecular formula is C18H19Cl3F3N3O3. The summed E-state index contributed by atoms with van der Waals surface area (Å²) in [6.07, 6.45) is -4.77. The molecule has 1 aliphatic heterocycles. The van der Waals surface area contributed by atoms with E-state index >= 15 is 0 Å². The maximum absolute atomic E-state index is 12.4. The standard InChI is InChI=1S/C18H17ClF3N3O3.2ClH/c19-16-6-3-13(25(26)27)11-15(16)17(24-9-7-23-8-10-24)12-1-4-14(5-2-12)28-18(20,21)22;;/h1-6,11,17,23H,7-10H2;2*1H/t17-;;/m0../s1. The monoisotopic (exact) mass is 487 g/mol. The number of nitrogens with one attached hydrogen (secondary N) is 1. The molecule has 1 heterocycles. The molecule has 0 amide bonds. The molecule has 0 unspecified atom stereocenters. The molecule has 166 valence electrons. The molecule has 0 spiro atoms. The number of non-ortho nitro benzene ring substituents is 1. The molecular weight excluding hydrogens is 470 g/mol. The fourth-order valence-corrected chi connectivity index (χ4v) is 3.45. The quantitative estimate of drug-likeness (QED) is 0.475. The molecule has 0 aromatic heterocycles. The zero-order chi connectivity index (χ0) is 20.3. The Bertz CT molecular complexity index is 848. The van der Waals surface area contributed by atoms with Crippen LogP contribution in [0.4, 0.5) is 18.9 Å². The molecule has 2 aromatic carbocycles. The number of rotatable bonds is 5. The van der Waals surface area contributed by atoms with Gasteiger partial charge in [0.15, 0.2) is 0 Å². The van der Waals surface area contributed by atoms with Gasteiger partial charge in [-0.15, -0.1) is 38.0 Å². The average molecular weight is 489 g/mol. The Balaban J connectivity index is 0.00000225. The van der Waals surface area contributed by atoms with Crippen LogP contribution in [0.15, 0.2) is 42.5 Å². The summed E-state index contributed by atoms with van der Waals surface area (Å²) in [4.78, 5) is 12.8. The van der Waals surface area contributed by atoms with Crippen molar-refractivity contribution in [1.82, 2.24) is 10.2 Å². The molecule has 2 aromatic rings. The molecule has 30 heavy (non-hydrogen) atoms. The number of hydrogen-bond acceptors (Lipinski definition) is 5. The largest absolute Gasteiger partial charge is 0.573 e. The highest BCUT2D eigenvalue weighted by atomic mass is 35.5. The smallest absolute Gasteiger partial charge is 0.406 e. The van der Waals surface area contributed by atoms with Crippen LogP contribution in [0, 0.1) is 10.1 Å². The fourth-order valence-electron chi connectivity index (χ4n) is 3.23. The van der Waals surface area contributed by atoms with Gasteiger partial charge in [-0.05, 0) is 29.3 Å². The molecule has 12 heteroatoms. The first-order valence-electron chi connectivity index (χ1n) is 8.49. The summed E-state index contributed by atoms with van der Waals surface area (Å²) in [7, 11) is 0.